The van der Waals surface area contributed by atoms with Crippen molar-refractivity contribution < 1.29 is 13.2 Å². The molecule has 1 saturated heterocycles. The van der Waals surface area contributed by atoms with Crippen molar-refractivity contribution in [3.8, 4) is 5.75 Å². The Morgan fingerprint density at radius 1 is 1.50 bits per heavy atom. The Bertz CT molecular complexity index is 639. The van der Waals surface area contributed by atoms with Crippen molar-refractivity contribution in [2.75, 3.05) is 26.7 Å². The van der Waals surface area contributed by atoms with Crippen molar-refractivity contribution in [1.29, 1.82) is 0 Å². The summed E-state index contributed by atoms with van der Waals surface area (Å²) in [6.45, 7) is 4.43. The summed E-state index contributed by atoms with van der Waals surface area (Å²) in [6, 6.07) is 3.25. The van der Waals surface area contributed by atoms with Crippen LogP contribution in [0.5, 0.6) is 5.75 Å². The molecule has 1 aliphatic heterocycles. The van der Waals surface area contributed by atoms with E-state index >= 15 is 0 Å². The fraction of sp³-hybridized carbons (Fsp3) is 0.571. The van der Waals surface area contributed by atoms with Crippen molar-refractivity contribution >= 4 is 37.6 Å². The number of rotatable bonds is 6. The maximum absolute atomic E-state index is 12.6. The highest BCUT2D eigenvalue weighted by Crippen LogP contribution is 2.35. The molecule has 0 amide bonds. The molecule has 124 valence electrons. The average molecular weight is 412 g/mol. The summed E-state index contributed by atoms with van der Waals surface area (Å²) >= 11 is 9.25. The van der Waals surface area contributed by atoms with Gasteiger partial charge in [0.1, 0.15) is 4.90 Å². The molecule has 22 heavy (non-hydrogen) atoms. The van der Waals surface area contributed by atoms with Crippen LogP contribution in [0, 0.1) is 0 Å². The normalized spacial score (nSPS) is 19.5. The zero-order valence-electron chi connectivity index (χ0n) is 12.6. The van der Waals surface area contributed by atoms with E-state index in [4.69, 9.17) is 16.3 Å². The Labute approximate surface area is 145 Å². The van der Waals surface area contributed by atoms with Crippen LogP contribution in [0.2, 0.25) is 5.02 Å². The van der Waals surface area contributed by atoms with E-state index in [1.54, 1.807) is 6.07 Å². The third-order valence-corrected chi connectivity index (χ3v) is 6.12. The molecule has 1 heterocycles. The number of halogens is 2. The largest absolute Gasteiger partial charge is 0.494 e. The number of hydrogen-bond donors (Lipinski definition) is 1. The van der Waals surface area contributed by atoms with Crippen LogP contribution in [0.25, 0.3) is 0 Å². The van der Waals surface area contributed by atoms with Crippen molar-refractivity contribution in [2.24, 2.45) is 0 Å². The van der Waals surface area contributed by atoms with E-state index in [1.807, 2.05) is 0 Å². The van der Waals surface area contributed by atoms with E-state index in [1.165, 1.54) is 13.2 Å². The van der Waals surface area contributed by atoms with Gasteiger partial charge in [0.15, 0.2) is 5.75 Å². The molecular formula is C14H20BrClN2O3S. The van der Waals surface area contributed by atoms with Gasteiger partial charge in [-0.15, -0.1) is 0 Å². The van der Waals surface area contributed by atoms with Crippen molar-refractivity contribution in [1.82, 2.24) is 9.62 Å². The molecule has 1 aliphatic rings. The average Bonchev–Trinajstić information content (AvgIpc) is 2.92. The molecule has 5 nitrogen and oxygen atoms in total. The summed E-state index contributed by atoms with van der Waals surface area (Å²) in [4.78, 5) is 2.34. The molecule has 0 bridgehead atoms. The van der Waals surface area contributed by atoms with Gasteiger partial charge in [-0.25, -0.2) is 13.1 Å². The third-order valence-electron chi connectivity index (χ3n) is 3.88. The minimum atomic E-state index is -3.68. The number of ether oxygens (including phenoxy) is 1. The van der Waals surface area contributed by atoms with Crippen LogP contribution in [0.4, 0.5) is 0 Å². The first kappa shape index (κ1) is 18.0. The van der Waals surface area contributed by atoms with E-state index in [2.05, 4.69) is 32.5 Å². The van der Waals surface area contributed by atoms with E-state index < -0.39 is 10.0 Å². The number of likely N-dealkylation sites (tertiary alicyclic amines) is 1. The molecule has 1 fully saturated rings. The predicted octanol–water partition coefficient (Wildman–Crippen LogP) is 2.87. The number of nitrogens with one attached hydrogen (secondary N) is 1. The number of sulfonamides is 1. The summed E-state index contributed by atoms with van der Waals surface area (Å²) in [5.41, 5.74) is 0. The van der Waals surface area contributed by atoms with E-state index in [0.717, 1.165) is 25.9 Å². The number of nitrogens with zero attached hydrogens (tertiary/aromatic N) is 1. The van der Waals surface area contributed by atoms with Gasteiger partial charge >= 0.3 is 0 Å². The lowest BCUT2D eigenvalue weighted by molar-refractivity contribution is 0.268. The summed E-state index contributed by atoms with van der Waals surface area (Å²) in [5, 5.41) is 0.337. The van der Waals surface area contributed by atoms with Gasteiger partial charge < -0.3 is 4.74 Å². The van der Waals surface area contributed by atoms with Crippen LogP contribution in [0.3, 0.4) is 0 Å². The second-order valence-corrected chi connectivity index (χ2v) is 8.22. The van der Waals surface area contributed by atoms with E-state index in [-0.39, 0.29) is 16.7 Å². The first-order valence-corrected chi connectivity index (χ1v) is 9.81. The van der Waals surface area contributed by atoms with Crippen LogP contribution in [-0.4, -0.2) is 46.1 Å². The Hall–Kier alpha value is -0.340. The molecule has 0 radical (unpaired) electrons. The lowest BCUT2D eigenvalue weighted by Gasteiger charge is -2.23. The molecule has 2 rings (SSSR count). The maximum atomic E-state index is 12.6. The predicted molar refractivity (Wildman–Crippen MR) is 91.2 cm³/mol. The molecule has 1 aromatic carbocycles. The Balaban J connectivity index is 2.20. The molecule has 0 aromatic heterocycles. The van der Waals surface area contributed by atoms with Gasteiger partial charge in [0.05, 0.1) is 11.6 Å². The van der Waals surface area contributed by atoms with Crippen LogP contribution in [0.1, 0.15) is 19.8 Å². The van der Waals surface area contributed by atoms with Gasteiger partial charge in [-0.3, -0.25) is 4.90 Å². The van der Waals surface area contributed by atoms with E-state index in [9.17, 15) is 8.42 Å². The Morgan fingerprint density at radius 3 is 2.86 bits per heavy atom. The minimum Gasteiger partial charge on any atom is -0.494 e. The SMILES string of the molecule is CCN1CCCC1CNS(=O)(=O)c1cc(Cl)cc(Br)c1OC. The van der Waals surface area contributed by atoms with Crippen molar-refractivity contribution in [3.05, 3.63) is 21.6 Å². The van der Waals surface area contributed by atoms with E-state index in [0.29, 0.717) is 16.0 Å². The molecule has 0 saturated carbocycles. The number of benzene rings is 1. The number of hydrogen-bond acceptors (Lipinski definition) is 4. The zero-order chi connectivity index (χ0) is 16.3. The monoisotopic (exact) mass is 410 g/mol. The lowest BCUT2D eigenvalue weighted by Crippen LogP contribution is -2.40. The van der Waals surface area contributed by atoms with Gasteiger partial charge in [0.25, 0.3) is 0 Å². The van der Waals surface area contributed by atoms with Gasteiger partial charge in [-0.1, -0.05) is 18.5 Å². The van der Waals surface area contributed by atoms with Gasteiger partial charge in [-0.2, -0.15) is 0 Å². The van der Waals surface area contributed by atoms with Gasteiger partial charge in [0, 0.05) is 17.6 Å². The lowest BCUT2D eigenvalue weighted by atomic mass is 10.2. The van der Waals surface area contributed by atoms with Crippen LogP contribution in [-0.2, 0) is 10.0 Å². The van der Waals surface area contributed by atoms with Gasteiger partial charge in [0.2, 0.25) is 10.0 Å². The molecular weight excluding hydrogens is 392 g/mol. The highest BCUT2D eigenvalue weighted by atomic mass is 79.9. The number of likely N-dealkylation sites (N-methyl/N-ethyl adjacent to an activating group) is 1. The third kappa shape index (κ3) is 3.94. The standard InChI is InChI=1S/C14H20BrClN2O3S/c1-3-18-6-4-5-11(18)9-17-22(19,20)13-8-10(16)7-12(15)14(13)21-2/h7-8,11,17H,3-6,9H2,1-2H3. The first-order chi connectivity index (χ1) is 10.4. The van der Waals surface area contributed by atoms with Crippen molar-refractivity contribution in [3.63, 3.8) is 0 Å². The molecule has 1 N–H and O–H groups in total. The molecule has 0 aliphatic carbocycles. The second-order valence-electron chi connectivity index (χ2n) is 5.20. The molecule has 1 unspecified atom stereocenters. The summed E-state index contributed by atoms with van der Waals surface area (Å²) in [7, 11) is -2.25. The quantitative estimate of drug-likeness (QED) is 0.782. The summed E-state index contributed by atoms with van der Waals surface area (Å²) < 4.78 is 33.5. The maximum Gasteiger partial charge on any atom is 0.244 e. The molecule has 1 aromatic rings. The van der Waals surface area contributed by atoms with Crippen LogP contribution in [0.15, 0.2) is 21.5 Å². The van der Waals surface area contributed by atoms with Crippen molar-refractivity contribution in [2.45, 2.75) is 30.7 Å². The minimum absolute atomic E-state index is 0.0513. The highest BCUT2D eigenvalue weighted by Gasteiger charge is 2.27. The fourth-order valence-corrected chi connectivity index (χ4v) is 5.22. The second kappa shape index (κ2) is 7.49. The molecule has 1 atom stereocenters. The smallest absolute Gasteiger partial charge is 0.244 e. The summed E-state index contributed by atoms with van der Waals surface area (Å²) in [6.07, 6.45) is 2.11. The zero-order valence-corrected chi connectivity index (χ0v) is 15.8. The highest BCUT2D eigenvalue weighted by molar-refractivity contribution is 9.10. The molecule has 0 spiro atoms. The first-order valence-electron chi connectivity index (χ1n) is 7.15. The summed E-state index contributed by atoms with van der Waals surface area (Å²) in [5.74, 6) is 0.260. The van der Waals surface area contributed by atoms with Crippen LogP contribution < -0.4 is 9.46 Å². The Kier molecular flexibility index (Phi) is 6.13. The van der Waals surface area contributed by atoms with Crippen LogP contribution >= 0.6 is 27.5 Å². The number of methoxy groups -OCH3 is 1. The van der Waals surface area contributed by atoms with Gasteiger partial charge in [-0.05, 0) is 54.0 Å². The molecule has 8 heteroatoms. The topological polar surface area (TPSA) is 58.6 Å². The fourth-order valence-electron chi connectivity index (χ4n) is 2.76. The Morgan fingerprint density at radius 2 is 2.23 bits per heavy atom.